The van der Waals surface area contributed by atoms with Crippen molar-refractivity contribution in [3.05, 3.63) is 0 Å². The van der Waals surface area contributed by atoms with E-state index in [-0.39, 0.29) is 11.3 Å². The Hall–Kier alpha value is -0.650. The summed E-state index contributed by atoms with van der Waals surface area (Å²) in [6.07, 6.45) is 0.944. The van der Waals surface area contributed by atoms with Crippen molar-refractivity contribution >= 4 is 5.91 Å². The van der Waals surface area contributed by atoms with Crippen LogP contribution in [-0.4, -0.2) is 69.2 Å². The van der Waals surface area contributed by atoms with Crippen LogP contribution >= 0.6 is 0 Å². The molecule has 114 valence electrons. The molecule has 0 saturated heterocycles. The highest BCUT2D eigenvalue weighted by Crippen LogP contribution is 2.19. The third-order valence-corrected chi connectivity index (χ3v) is 3.11. The molecule has 0 rings (SSSR count). The van der Waals surface area contributed by atoms with Crippen LogP contribution in [0.3, 0.4) is 0 Å². The van der Waals surface area contributed by atoms with Crippen molar-refractivity contribution in [1.82, 2.24) is 9.80 Å². The van der Waals surface area contributed by atoms with E-state index in [1.165, 1.54) is 0 Å². The molecule has 0 fully saturated rings. The van der Waals surface area contributed by atoms with E-state index in [4.69, 9.17) is 10.5 Å². The fourth-order valence-electron chi connectivity index (χ4n) is 1.68. The molecular formula is C14H31N3O2. The topological polar surface area (TPSA) is 58.8 Å². The average molecular weight is 273 g/mol. The zero-order valence-corrected chi connectivity index (χ0v) is 13.4. The maximum absolute atomic E-state index is 12.4. The molecule has 0 aromatic carbocycles. The Labute approximate surface area is 118 Å². The normalized spacial score (nSPS) is 13.7. The fourth-order valence-corrected chi connectivity index (χ4v) is 1.68. The molecule has 0 aliphatic carbocycles. The molecule has 0 aromatic heterocycles. The molecule has 0 heterocycles. The van der Waals surface area contributed by atoms with E-state index in [1.54, 1.807) is 7.11 Å². The Kier molecular flexibility index (Phi) is 8.22. The van der Waals surface area contributed by atoms with Crippen molar-refractivity contribution in [3.8, 4) is 0 Å². The maximum atomic E-state index is 12.4. The minimum atomic E-state index is -0.469. The lowest BCUT2D eigenvalue weighted by Crippen LogP contribution is -2.51. The van der Waals surface area contributed by atoms with Gasteiger partial charge in [-0.1, -0.05) is 20.8 Å². The molecule has 5 nitrogen and oxygen atoms in total. The summed E-state index contributed by atoms with van der Waals surface area (Å²) in [4.78, 5) is 16.3. The number of methoxy groups -OCH3 is 1. The summed E-state index contributed by atoms with van der Waals surface area (Å²) in [5, 5.41) is 0. The largest absolute Gasteiger partial charge is 0.383 e. The first kappa shape index (κ1) is 18.4. The van der Waals surface area contributed by atoms with Crippen molar-refractivity contribution in [2.75, 3.05) is 47.4 Å². The smallest absolute Gasteiger partial charge is 0.240 e. The maximum Gasteiger partial charge on any atom is 0.240 e. The Morgan fingerprint density at radius 2 is 1.79 bits per heavy atom. The molecule has 0 unspecified atom stereocenters. The van der Waals surface area contributed by atoms with Crippen LogP contribution in [0.1, 0.15) is 27.2 Å². The van der Waals surface area contributed by atoms with E-state index in [1.807, 2.05) is 39.8 Å². The minimum Gasteiger partial charge on any atom is -0.383 e. The number of carbonyl (C=O) groups excluding carboxylic acids is 1. The van der Waals surface area contributed by atoms with Crippen molar-refractivity contribution in [3.63, 3.8) is 0 Å². The number of hydrogen-bond acceptors (Lipinski definition) is 4. The fraction of sp³-hybridized carbons (Fsp3) is 0.929. The Morgan fingerprint density at radius 3 is 2.21 bits per heavy atom. The van der Waals surface area contributed by atoms with Gasteiger partial charge < -0.3 is 20.3 Å². The van der Waals surface area contributed by atoms with E-state index in [9.17, 15) is 4.79 Å². The summed E-state index contributed by atoms with van der Waals surface area (Å²) >= 11 is 0. The van der Waals surface area contributed by atoms with Gasteiger partial charge in [-0.05, 0) is 32.5 Å². The van der Waals surface area contributed by atoms with Crippen LogP contribution in [0.5, 0.6) is 0 Å². The molecular weight excluding hydrogens is 242 g/mol. The van der Waals surface area contributed by atoms with Gasteiger partial charge in [0.2, 0.25) is 5.91 Å². The summed E-state index contributed by atoms with van der Waals surface area (Å²) < 4.78 is 5.07. The first-order valence-corrected chi connectivity index (χ1v) is 6.88. The van der Waals surface area contributed by atoms with Crippen molar-refractivity contribution in [2.24, 2.45) is 11.1 Å². The molecule has 0 aromatic rings. The summed E-state index contributed by atoms with van der Waals surface area (Å²) in [5.41, 5.74) is 5.84. The van der Waals surface area contributed by atoms with E-state index >= 15 is 0 Å². The molecule has 1 amide bonds. The van der Waals surface area contributed by atoms with Gasteiger partial charge in [0.05, 0.1) is 12.6 Å². The molecule has 1 atom stereocenters. The Bertz CT molecular complexity index is 262. The van der Waals surface area contributed by atoms with E-state index in [0.717, 1.165) is 19.5 Å². The summed E-state index contributed by atoms with van der Waals surface area (Å²) in [5.74, 6) is 0.0170. The molecule has 2 N–H and O–H groups in total. The first-order chi connectivity index (χ1) is 8.70. The van der Waals surface area contributed by atoms with Crippen LogP contribution in [0.15, 0.2) is 0 Å². The highest BCUT2D eigenvalue weighted by atomic mass is 16.5. The molecule has 19 heavy (non-hydrogen) atoms. The second-order valence-electron chi connectivity index (χ2n) is 6.32. The molecule has 0 aliphatic heterocycles. The molecule has 0 saturated carbocycles. The predicted molar refractivity (Wildman–Crippen MR) is 79.1 cm³/mol. The van der Waals surface area contributed by atoms with Crippen LogP contribution in [0, 0.1) is 5.41 Å². The number of hydrogen-bond donors (Lipinski definition) is 1. The molecule has 5 heteroatoms. The summed E-state index contributed by atoms with van der Waals surface area (Å²) in [6, 6.07) is -0.469. The molecule has 0 aliphatic rings. The van der Waals surface area contributed by atoms with Gasteiger partial charge in [0, 0.05) is 20.2 Å². The van der Waals surface area contributed by atoms with Crippen LogP contribution < -0.4 is 5.73 Å². The van der Waals surface area contributed by atoms with Gasteiger partial charge in [-0.2, -0.15) is 0 Å². The SMILES string of the molecule is COCCN(CCCN(C)C)C(=O)[C@H](N)C(C)(C)C. The lowest BCUT2D eigenvalue weighted by Gasteiger charge is -2.32. The van der Waals surface area contributed by atoms with E-state index < -0.39 is 6.04 Å². The van der Waals surface area contributed by atoms with E-state index in [0.29, 0.717) is 13.2 Å². The van der Waals surface area contributed by atoms with Gasteiger partial charge in [-0.3, -0.25) is 4.79 Å². The molecule has 0 bridgehead atoms. The second kappa shape index (κ2) is 8.51. The molecule has 0 radical (unpaired) electrons. The van der Waals surface area contributed by atoms with Crippen molar-refractivity contribution in [2.45, 2.75) is 33.2 Å². The lowest BCUT2D eigenvalue weighted by molar-refractivity contribution is -0.135. The average Bonchev–Trinajstić information content (AvgIpc) is 2.30. The first-order valence-electron chi connectivity index (χ1n) is 6.88. The zero-order chi connectivity index (χ0) is 15.1. The zero-order valence-electron chi connectivity index (χ0n) is 13.4. The second-order valence-corrected chi connectivity index (χ2v) is 6.32. The quantitative estimate of drug-likeness (QED) is 0.710. The third-order valence-electron chi connectivity index (χ3n) is 3.11. The van der Waals surface area contributed by atoms with Gasteiger partial charge >= 0.3 is 0 Å². The number of amides is 1. The van der Waals surface area contributed by atoms with Crippen LogP contribution in [0.4, 0.5) is 0 Å². The Balaban J connectivity index is 4.51. The third kappa shape index (κ3) is 7.50. The van der Waals surface area contributed by atoms with Gasteiger partial charge in [-0.25, -0.2) is 0 Å². The van der Waals surface area contributed by atoms with Gasteiger partial charge in [0.15, 0.2) is 0 Å². The number of rotatable bonds is 8. The number of nitrogens with two attached hydrogens (primary N) is 1. The lowest BCUT2D eigenvalue weighted by atomic mass is 9.86. The summed E-state index contributed by atoms with van der Waals surface area (Å²) in [6.45, 7) is 8.81. The van der Waals surface area contributed by atoms with Crippen LogP contribution in [0.25, 0.3) is 0 Å². The van der Waals surface area contributed by atoms with Gasteiger partial charge in [0.1, 0.15) is 0 Å². The summed E-state index contributed by atoms with van der Waals surface area (Å²) in [7, 11) is 5.70. The van der Waals surface area contributed by atoms with Crippen LogP contribution in [-0.2, 0) is 9.53 Å². The number of ether oxygens (including phenoxy) is 1. The highest BCUT2D eigenvalue weighted by Gasteiger charge is 2.30. The molecule has 0 spiro atoms. The van der Waals surface area contributed by atoms with Crippen molar-refractivity contribution in [1.29, 1.82) is 0 Å². The highest BCUT2D eigenvalue weighted by molar-refractivity contribution is 5.82. The van der Waals surface area contributed by atoms with Crippen molar-refractivity contribution < 1.29 is 9.53 Å². The minimum absolute atomic E-state index is 0.0170. The standard InChI is InChI=1S/C14H31N3O2/c1-14(2,3)12(15)13(18)17(10-11-19-6)9-7-8-16(4)5/h12H,7-11,15H2,1-6H3/t12-/m0/s1. The van der Waals surface area contributed by atoms with E-state index in [2.05, 4.69) is 4.90 Å². The van der Waals surface area contributed by atoms with Gasteiger partial charge in [0.25, 0.3) is 0 Å². The number of carbonyl (C=O) groups is 1. The number of nitrogens with zero attached hydrogens (tertiary/aromatic N) is 2. The van der Waals surface area contributed by atoms with Crippen LogP contribution in [0.2, 0.25) is 0 Å². The monoisotopic (exact) mass is 273 g/mol. The Morgan fingerprint density at radius 1 is 1.21 bits per heavy atom. The predicted octanol–water partition coefficient (Wildman–Crippen LogP) is 0.787. The van der Waals surface area contributed by atoms with Gasteiger partial charge in [-0.15, -0.1) is 0 Å².